The maximum Gasteiger partial charge on any atom is 0.248 e. The number of nitrogens with one attached hydrogen (secondary N) is 1. The van der Waals surface area contributed by atoms with E-state index in [-0.39, 0.29) is 6.17 Å². The number of hydrogen-bond acceptors (Lipinski definition) is 4. The van der Waals surface area contributed by atoms with Crippen molar-refractivity contribution < 1.29 is 4.79 Å². The zero-order valence-corrected chi connectivity index (χ0v) is 13.2. The lowest BCUT2D eigenvalue weighted by atomic mass is 10.2. The standard InChI is InChI=1S/C18H17N5O/c1-22-10-4-7-15(22)18-21-13-5-2-3-6-14(13)23(18)16-11-12(17(19)24)8-9-20-16/h2-11,18,21H,1H3,(H2,19,24). The molecule has 0 bridgehead atoms. The molecule has 0 spiro atoms. The minimum Gasteiger partial charge on any atom is -0.366 e. The van der Waals surface area contributed by atoms with Gasteiger partial charge in [-0.2, -0.15) is 0 Å². The first kappa shape index (κ1) is 14.3. The van der Waals surface area contributed by atoms with Crippen LogP contribution in [0.3, 0.4) is 0 Å². The lowest BCUT2D eigenvalue weighted by Gasteiger charge is -2.26. The first-order valence-corrected chi connectivity index (χ1v) is 7.67. The molecule has 1 aromatic carbocycles. The quantitative estimate of drug-likeness (QED) is 0.778. The molecule has 0 radical (unpaired) electrons. The summed E-state index contributed by atoms with van der Waals surface area (Å²) in [6.45, 7) is 0. The Labute approximate surface area is 139 Å². The van der Waals surface area contributed by atoms with Crippen LogP contribution in [0.1, 0.15) is 22.2 Å². The van der Waals surface area contributed by atoms with Crippen molar-refractivity contribution >= 4 is 23.1 Å². The second-order valence-electron chi connectivity index (χ2n) is 5.74. The van der Waals surface area contributed by atoms with E-state index in [4.69, 9.17) is 5.73 Å². The zero-order valence-electron chi connectivity index (χ0n) is 13.2. The molecule has 0 aliphatic carbocycles. The van der Waals surface area contributed by atoms with Gasteiger partial charge in [-0.1, -0.05) is 12.1 Å². The van der Waals surface area contributed by atoms with E-state index < -0.39 is 5.91 Å². The van der Waals surface area contributed by atoms with Crippen LogP contribution in [0, 0.1) is 0 Å². The molecule has 1 aliphatic rings. The zero-order chi connectivity index (χ0) is 16.7. The number of amides is 1. The van der Waals surface area contributed by atoms with Gasteiger partial charge in [-0.25, -0.2) is 4.98 Å². The van der Waals surface area contributed by atoms with Crippen LogP contribution in [0.15, 0.2) is 60.9 Å². The molecule has 1 atom stereocenters. The van der Waals surface area contributed by atoms with Gasteiger partial charge in [0.15, 0.2) is 0 Å². The normalized spacial score (nSPS) is 15.9. The summed E-state index contributed by atoms with van der Waals surface area (Å²) in [4.78, 5) is 18.1. The number of benzene rings is 1. The number of fused-ring (bicyclic) bond motifs is 1. The third-order valence-corrected chi connectivity index (χ3v) is 4.25. The topological polar surface area (TPSA) is 76.2 Å². The van der Waals surface area contributed by atoms with Crippen LogP contribution in [-0.4, -0.2) is 15.5 Å². The smallest absolute Gasteiger partial charge is 0.248 e. The van der Waals surface area contributed by atoms with Gasteiger partial charge in [-0.3, -0.25) is 9.69 Å². The number of pyridine rings is 1. The van der Waals surface area contributed by atoms with E-state index in [0.29, 0.717) is 11.4 Å². The molecule has 2 aromatic heterocycles. The Kier molecular flexibility index (Phi) is 3.23. The summed E-state index contributed by atoms with van der Waals surface area (Å²) >= 11 is 0. The Morgan fingerprint density at radius 1 is 1.21 bits per heavy atom. The molecule has 1 unspecified atom stereocenters. The molecule has 120 valence electrons. The number of nitrogens with two attached hydrogens (primary N) is 1. The molecule has 3 aromatic rings. The third-order valence-electron chi connectivity index (χ3n) is 4.25. The fraction of sp³-hybridized carbons (Fsp3) is 0.111. The summed E-state index contributed by atoms with van der Waals surface area (Å²) in [5.74, 6) is 0.212. The summed E-state index contributed by atoms with van der Waals surface area (Å²) in [5, 5.41) is 3.52. The van der Waals surface area contributed by atoms with Crippen LogP contribution >= 0.6 is 0 Å². The lowest BCUT2D eigenvalue weighted by molar-refractivity contribution is 0.1000. The van der Waals surface area contributed by atoms with E-state index in [1.54, 1.807) is 18.3 Å². The second kappa shape index (κ2) is 5.42. The molecule has 1 amide bonds. The van der Waals surface area contributed by atoms with Crippen LogP contribution in [-0.2, 0) is 7.05 Å². The molecule has 24 heavy (non-hydrogen) atoms. The van der Waals surface area contributed by atoms with Crippen molar-refractivity contribution in [3.8, 4) is 0 Å². The Balaban J connectivity index is 1.86. The molecular weight excluding hydrogens is 302 g/mol. The van der Waals surface area contributed by atoms with Crippen molar-refractivity contribution in [1.82, 2.24) is 9.55 Å². The second-order valence-corrected chi connectivity index (χ2v) is 5.74. The van der Waals surface area contributed by atoms with E-state index >= 15 is 0 Å². The number of carbonyl (C=O) groups excluding carboxylic acids is 1. The maximum atomic E-state index is 11.5. The Bertz CT molecular complexity index is 917. The molecular formula is C18H17N5O. The van der Waals surface area contributed by atoms with E-state index in [1.807, 2.05) is 43.6 Å². The number of nitrogens with zero attached hydrogens (tertiary/aromatic N) is 3. The highest BCUT2D eigenvalue weighted by Crippen LogP contribution is 2.45. The molecule has 0 saturated heterocycles. The number of rotatable bonds is 3. The van der Waals surface area contributed by atoms with Crippen molar-refractivity contribution in [2.75, 3.05) is 10.2 Å². The highest BCUT2D eigenvalue weighted by molar-refractivity contribution is 5.94. The van der Waals surface area contributed by atoms with Crippen molar-refractivity contribution in [3.63, 3.8) is 0 Å². The molecule has 6 nitrogen and oxygen atoms in total. The van der Waals surface area contributed by atoms with Crippen LogP contribution in [0.25, 0.3) is 0 Å². The largest absolute Gasteiger partial charge is 0.366 e. The fourth-order valence-corrected chi connectivity index (χ4v) is 3.08. The number of aryl methyl sites for hydroxylation is 1. The van der Waals surface area contributed by atoms with Crippen molar-refractivity contribution in [2.45, 2.75) is 6.17 Å². The molecule has 1 aliphatic heterocycles. The first-order valence-electron chi connectivity index (χ1n) is 7.67. The number of aromatic nitrogens is 2. The predicted octanol–water partition coefficient (Wildman–Crippen LogP) is 2.78. The van der Waals surface area contributed by atoms with Gasteiger partial charge in [0.1, 0.15) is 12.0 Å². The number of primary amides is 1. The number of carbonyl (C=O) groups is 1. The van der Waals surface area contributed by atoms with Gasteiger partial charge in [-0.15, -0.1) is 0 Å². The number of anilines is 3. The van der Waals surface area contributed by atoms with Gasteiger partial charge in [0.2, 0.25) is 5.91 Å². The highest BCUT2D eigenvalue weighted by atomic mass is 16.1. The van der Waals surface area contributed by atoms with Crippen LogP contribution in [0.5, 0.6) is 0 Å². The van der Waals surface area contributed by atoms with Gasteiger partial charge < -0.3 is 15.6 Å². The molecule has 0 saturated carbocycles. The van der Waals surface area contributed by atoms with E-state index in [2.05, 4.69) is 25.8 Å². The summed E-state index contributed by atoms with van der Waals surface area (Å²) in [5.41, 5.74) is 8.99. The van der Waals surface area contributed by atoms with E-state index in [1.165, 1.54) is 0 Å². The van der Waals surface area contributed by atoms with Gasteiger partial charge in [0.25, 0.3) is 0 Å². The first-order chi connectivity index (χ1) is 11.6. The van der Waals surface area contributed by atoms with E-state index in [0.717, 1.165) is 17.1 Å². The summed E-state index contributed by atoms with van der Waals surface area (Å²) in [6, 6.07) is 15.5. The van der Waals surface area contributed by atoms with Gasteiger partial charge in [0.05, 0.1) is 17.1 Å². The minimum absolute atomic E-state index is 0.113. The SMILES string of the molecule is Cn1cccc1C1Nc2ccccc2N1c1cc(C(N)=O)ccn1. The van der Waals surface area contributed by atoms with Crippen molar-refractivity contribution in [2.24, 2.45) is 12.8 Å². The molecule has 3 N–H and O–H groups in total. The summed E-state index contributed by atoms with van der Waals surface area (Å²) in [6.07, 6.45) is 3.50. The van der Waals surface area contributed by atoms with Crippen molar-refractivity contribution in [3.05, 3.63) is 72.2 Å². The predicted molar refractivity (Wildman–Crippen MR) is 93.1 cm³/mol. The number of para-hydroxylation sites is 2. The van der Waals surface area contributed by atoms with Gasteiger partial charge in [-0.05, 0) is 36.4 Å². The maximum absolute atomic E-state index is 11.5. The fourth-order valence-electron chi connectivity index (χ4n) is 3.08. The summed E-state index contributed by atoms with van der Waals surface area (Å²) in [7, 11) is 2.01. The monoisotopic (exact) mass is 319 g/mol. The Hall–Kier alpha value is -3.28. The van der Waals surface area contributed by atoms with Gasteiger partial charge >= 0.3 is 0 Å². The van der Waals surface area contributed by atoms with Gasteiger partial charge in [0, 0.05) is 25.0 Å². The molecule has 3 heterocycles. The van der Waals surface area contributed by atoms with Crippen LogP contribution in [0.2, 0.25) is 0 Å². The third kappa shape index (κ3) is 2.20. The number of hydrogen-bond donors (Lipinski definition) is 2. The molecule has 6 heteroatoms. The average molecular weight is 319 g/mol. The molecule has 4 rings (SSSR count). The Morgan fingerprint density at radius 3 is 2.79 bits per heavy atom. The molecule has 0 fully saturated rings. The Morgan fingerprint density at radius 2 is 2.04 bits per heavy atom. The highest BCUT2D eigenvalue weighted by Gasteiger charge is 2.33. The van der Waals surface area contributed by atoms with E-state index in [9.17, 15) is 4.79 Å². The van der Waals surface area contributed by atoms with Crippen LogP contribution < -0.4 is 16.0 Å². The lowest BCUT2D eigenvalue weighted by Crippen LogP contribution is -2.26. The van der Waals surface area contributed by atoms with Crippen molar-refractivity contribution in [1.29, 1.82) is 0 Å². The average Bonchev–Trinajstić information content (AvgIpc) is 3.17. The minimum atomic E-state index is -0.463. The van der Waals surface area contributed by atoms with Crippen LogP contribution in [0.4, 0.5) is 17.2 Å². The summed E-state index contributed by atoms with van der Waals surface area (Å²) < 4.78 is 2.06.